The minimum Gasteiger partial charge on any atom is -0.338 e. The van der Waals surface area contributed by atoms with Crippen molar-refractivity contribution in [1.82, 2.24) is 4.90 Å². The molecule has 0 aliphatic carbocycles. The second-order valence-electron chi connectivity index (χ2n) is 5.78. The van der Waals surface area contributed by atoms with Gasteiger partial charge in [-0.2, -0.15) is 0 Å². The summed E-state index contributed by atoms with van der Waals surface area (Å²) in [7, 11) is 3.43. The average Bonchev–Trinajstić information content (AvgIpc) is 2.65. The summed E-state index contributed by atoms with van der Waals surface area (Å²) in [6.45, 7) is 2.27. The van der Waals surface area contributed by atoms with E-state index in [9.17, 15) is 9.59 Å². The number of amides is 2. The zero-order chi connectivity index (χ0) is 17.7. The molecule has 2 N–H and O–H groups in total. The van der Waals surface area contributed by atoms with Crippen LogP contribution in [0.1, 0.15) is 27.6 Å². The lowest BCUT2D eigenvalue weighted by Crippen LogP contribution is -2.39. The van der Waals surface area contributed by atoms with Gasteiger partial charge in [0.2, 0.25) is 0 Å². The number of carbonyl (C=O) groups excluding carboxylic acids is 2. The van der Waals surface area contributed by atoms with Gasteiger partial charge >= 0.3 is 0 Å². The van der Waals surface area contributed by atoms with E-state index in [0.717, 1.165) is 5.69 Å². The highest BCUT2D eigenvalue weighted by Crippen LogP contribution is 2.16. The van der Waals surface area contributed by atoms with Crippen molar-refractivity contribution in [1.29, 1.82) is 0 Å². The van der Waals surface area contributed by atoms with Crippen molar-refractivity contribution in [2.24, 2.45) is 5.73 Å². The number of rotatable bonds is 5. The molecule has 5 nitrogen and oxygen atoms in total. The summed E-state index contributed by atoms with van der Waals surface area (Å²) in [6.07, 6.45) is 0. The van der Waals surface area contributed by atoms with E-state index >= 15 is 0 Å². The summed E-state index contributed by atoms with van der Waals surface area (Å²) in [4.78, 5) is 28.3. The Hall–Kier alpha value is -2.66. The average molecular weight is 325 g/mol. The fourth-order valence-corrected chi connectivity index (χ4v) is 2.31. The van der Waals surface area contributed by atoms with Crippen molar-refractivity contribution in [2.75, 3.05) is 25.5 Å². The first-order valence-corrected chi connectivity index (χ1v) is 7.86. The second kappa shape index (κ2) is 7.75. The van der Waals surface area contributed by atoms with Crippen LogP contribution in [0.15, 0.2) is 54.6 Å². The van der Waals surface area contributed by atoms with E-state index in [1.807, 2.05) is 37.3 Å². The van der Waals surface area contributed by atoms with Gasteiger partial charge in [0, 0.05) is 43.5 Å². The van der Waals surface area contributed by atoms with E-state index in [1.54, 1.807) is 48.2 Å². The number of hydrogen-bond donors (Lipinski definition) is 1. The lowest BCUT2D eigenvalue weighted by atomic mass is 10.1. The third-order valence-corrected chi connectivity index (χ3v) is 4.13. The first kappa shape index (κ1) is 17.7. The van der Waals surface area contributed by atoms with Crippen LogP contribution in [-0.4, -0.2) is 43.4 Å². The van der Waals surface area contributed by atoms with Crippen molar-refractivity contribution in [3.05, 3.63) is 65.7 Å². The Kier molecular flexibility index (Phi) is 5.71. The van der Waals surface area contributed by atoms with Crippen LogP contribution in [0.5, 0.6) is 0 Å². The Labute approximate surface area is 142 Å². The predicted octanol–water partition coefficient (Wildman–Crippen LogP) is 2.38. The van der Waals surface area contributed by atoms with Gasteiger partial charge in [0.1, 0.15) is 0 Å². The SMILES string of the molecule is CC(CN)N(C)C(=O)c1cccc(C(=O)N(C)c2ccccc2)c1. The van der Waals surface area contributed by atoms with Crippen molar-refractivity contribution >= 4 is 17.5 Å². The summed E-state index contributed by atoms with van der Waals surface area (Å²) in [6, 6.07) is 16.1. The molecule has 0 aliphatic heterocycles. The van der Waals surface area contributed by atoms with Crippen LogP contribution in [0.25, 0.3) is 0 Å². The summed E-state index contributed by atoms with van der Waals surface area (Å²) in [5.41, 5.74) is 7.37. The molecule has 0 fully saturated rings. The van der Waals surface area contributed by atoms with E-state index < -0.39 is 0 Å². The molecule has 2 rings (SSSR count). The number of para-hydroxylation sites is 1. The maximum Gasteiger partial charge on any atom is 0.258 e. The van der Waals surface area contributed by atoms with Crippen molar-refractivity contribution in [3.63, 3.8) is 0 Å². The Morgan fingerprint density at radius 2 is 1.54 bits per heavy atom. The fraction of sp³-hybridized carbons (Fsp3) is 0.263. The van der Waals surface area contributed by atoms with Gasteiger partial charge in [-0.1, -0.05) is 24.3 Å². The largest absolute Gasteiger partial charge is 0.338 e. The Bertz CT molecular complexity index is 716. The summed E-state index contributed by atoms with van der Waals surface area (Å²) in [5.74, 6) is -0.310. The summed E-state index contributed by atoms with van der Waals surface area (Å²) < 4.78 is 0. The molecule has 5 heteroatoms. The maximum atomic E-state index is 12.7. The van der Waals surface area contributed by atoms with Gasteiger partial charge in [-0.3, -0.25) is 9.59 Å². The normalized spacial score (nSPS) is 11.7. The molecule has 0 radical (unpaired) electrons. The van der Waals surface area contributed by atoms with Gasteiger partial charge in [-0.15, -0.1) is 0 Å². The topological polar surface area (TPSA) is 66.6 Å². The minimum atomic E-state index is -0.162. The van der Waals surface area contributed by atoms with Crippen LogP contribution in [0.3, 0.4) is 0 Å². The molecule has 2 aromatic carbocycles. The van der Waals surface area contributed by atoms with E-state index in [1.165, 1.54) is 0 Å². The molecule has 0 aromatic heterocycles. The highest BCUT2D eigenvalue weighted by molar-refractivity contribution is 6.07. The molecule has 1 unspecified atom stereocenters. The molecule has 0 heterocycles. The molecule has 126 valence electrons. The highest BCUT2D eigenvalue weighted by atomic mass is 16.2. The van der Waals surface area contributed by atoms with Gasteiger partial charge in [0.05, 0.1) is 0 Å². The van der Waals surface area contributed by atoms with E-state index in [4.69, 9.17) is 5.73 Å². The van der Waals surface area contributed by atoms with Crippen LogP contribution >= 0.6 is 0 Å². The maximum absolute atomic E-state index is 12.7. The number of benzene rings is 2. The molecule has 0 aliphatic rings. The van der Waals surface area contributed by atoms with Gasteiger partial charge in [0.25, 0.3) is 11.8 Å². The van der Waals surface area contributed by atoms with Crippen molar-refractivity contribution in [3.8, 4) is 0 Å². The smallest absolute Gasteiger partial charge is 0.258 e. The monoisotopic (exact) mass is 325 g/mol. The van der Waals surface area contributed by atoms with Crippen LogP contribution in [0, 0.1) is 0 Å². The molecule has 0 spiro atoms. The van der Waals surface area contributed by atoms with Gasteiger partial charge in [-0.25, -0.2) is 0 Å². The molecule has 1 atom stereocenters. The minimum absolute atomic E-state index is 0.0659. The summed E-state index contributed by atoms with van der Waals surface area (Å²) >= 11 is 0. The van der Waals surface area contributed by atoms with Crippen LogP contribution in [-0.2, 0) is 0 Å². The number of hydrogen-bond acceptors (Lipinski definition) is 3. The van der Waals surface area contributed by atoms with Crippen LogP contribution in [0.2, 0.25) is 0 Å². The molecular weight excluding hydrogens is 302 g/mol. The molecule has 24 heavy (non-hydrogen) atoms. The highest BCUT2D eigenvalue weighted by Gasteiger charge is 2.19. The standard InChI is InChI=1S/C19H23N3O2/c1-14(13-20)21(2)18(23)15-8-7-9-16(12-15)19(24)22(3)17-10-5-4-6-11-17/h4-12,14H,13,20H2,1-3H3. The lowest BCUT2D eigenvalue weighted by molar-refractivity contribution is 0.0748. The van der Waals surface area contributed by atoms with E-state index in [0.29, 0.717) is 17.7 Å². The summed E-state index contributed by atoms with van der Waals surface area (Å²) in [5, 5.41) is 0. The van der Waals surface area contributed by atoms with Gasteiger partial charge < -0.3 is 15.5 Å². The van der Waals surface area contributed by atoms with Crippen molar-refractivity contribution < 1.29 is 9.59 Å². The number of likely N-dealkylation sites (N-methyl/N-ethyl adjacent to an activating group) is 1. The Balaban J connectivity index is 2.24. The predicted molar refractivity (Wildman–Crippen MR) is 96.2 cm³/mol. The zero-order valence-corrected chi connectivity index (χ0v) is 14.3. The number of nitrogens with zero attached hydrogens (tertiary/aromatic N) is 2. The molecule has 0 saturated carbocycles. The van der Waals surface area contributed by atoms with Crippen LogP contribution in [0.4, 0.5) is 5.69 Å². The molecule has 2 aromatic rings. The lowest BCUT2D eigenvalue weighted by Gasteiger charge is -2.24. The van der Waals surface area contributed by atoms with E-state index in [-0.39, 0.29) is 17.9 Å². The zero-order valence-electron chi connectivity index (χ0n) is 14.3. The first-order chi connectivity index (χ1) is 11.5. The quantitative estimate of drug-likeness (QED) is 0.918. The van der Waals surface area contributed by atoms with E-state index in [2.05, 4.69) is 0 Å². The second-order valence-corrected chi connectivity index (χ2v) is 5.78. The Morgan fingerprint density at radius 1 is 0.958 bits per heavy atom. The van der Waals surface area contributed by atoms with Crippen LogP contribution < -0.4 is 10.6 Å². The molecule has 0 saturated heterocycles. The number of carbonyl (C=O) groups is 2. The molecule has 2 amide bonds. The molecule has 0 bridgehead atoms. The number of nitrogens with two attached hydrogens (primary N) is 1. The molecular formula is C19H23N3O2. The third-order valence-electron chi connectivity index (χ3n) is 4.13. The third kappa shape index (κ3) is 3.81. The van der Waals surface area contributed by atoms with Crippen molar-refractivity contribution in [2.45, 2.75) is 13.0 Å². The van der Waals surface area contributed by atoms with Gasteiger partial charge in [-0.05, 0) is 37.3 Å². The van der Waals surface area contributed by atoms with Gasteiger partial charge in [0.15, 0.2) is 0 Å². The Morgan fingerprint density at radius 3 is 2.12 bits per heavy atom. The first-order valence-electron chi connectivity index (χ1n) is 7.86. The fourth-order valence-electron chi connectivity index (χ4n) is 2.31. The number of anilines is 1.